The Labute approximate surface area is 155 Å². The molecule has 3 aromatic rings. The van der Waals surface area contributed by atoms with E-state index in [0.29, 0.717) is 17.0 Å². The molecule has 0 saturated carbocycles. The molecule has 1 aromatic heterocycles. The fourth-order valence-electron chi connectivity index (χ4n) is 2.36. The van der Waals surface area contributed by atoms with Crippen molar-refractivity contribution in [2.45, 2.75) is 29.4 Å². The number of hydrogen-bond acceptors (Lipinski definition) is 5. The molecule has 0 aliphatic rings. The zero-order valence-corrected chi connectivity index (χ0v) is 15.5. The van der Waals surface area contributed by atoms with Gasteiger partial charge in [-0.1, -0.05) is 49.0 Å². The molecule has 2 aromatic carbocycles. The van der Waals surface area contributed by atoms with Gasteiger partial charge < -0.3 is 4.42 Å². The normalized spacial score (nSPS) is 12.2. The molecule has 0 radical (unpaired) electrons. The maximum atomic E-state index is 12.9. The summed E-state index contributed by atoms with van der Waals surface area (Å²) in [5.74, 6) is 2.56. The lowest BCUT2D eigenvalue weighted by Crippen LogP contribution is -1.98. The van der Waals surface area contributed by atoms with Gasteiger partial charge in [0.2, 0.25) is 5.89 Å². The van der Waals surface area contributed by atoms with Crippen LogP contribution in [0.2, 0.25) is 0 Å². The summed E-state index contributed by atoms with van der Waals surface area (Å²) in [6, 6.07) is 16.9. The number of rotatable bonds is 8. The highest BCUT2D eigenvalue weighted by molar-refractivity contribution is 8.02. The Kier molecular flexibility index (Phi) is 6.53. The van der Waals surface area contributed by atoms with Crippen LogP contribution in [0.1, 0.15) is 24.3 Å². The number of aromatic nitrogens is 2. The highest BCUT2D eigenvalue weighted by Crippen LogP contribution is 2.24. The van der Waals surface area contributed by atoms with Crippen LogP contribution in [0.4, 0.5) is 4.39 Å². The van der Waals surface area contributed by atoms with Gasteiger partial charge in [-0.25, -0.2) is 4.39 Å². The van der Waals surface area contributed by atoms with E-state index in [2.05, 4.69) is 29.3 Å². The van der Waals surface area contributed by atoms with Gasteiger partial charge in [-0.15, -0.1) is 22.0 Å². The Morgan fingerprint density at radius 3 is 2.44 bits per heavy atom. The van der Waals surface area contributed by atoms with E-state index >= 15 is 0 Å². The van der Waals surface area contributed by atoms with Gasteiger partial charge in [0.25, 0.3) is 5.22 Å². The van der Waals surface area contributed by atoms with Gasteiger partial charge in [-0.3, -0.25) is 0 Å². The average molecular weight is 375 g/mol. The van der Waals surface area contributed by atoms with Crippen molar-refractivity contribution in [3.63, 3.8) is 0 Å². The fraction of sp³-hybridized carbons (Fsp3) is 0.263. The number of halogens is 1. The highest BCUT2D eigenvalue weighted by atomic mass is 32.2. The first-order valence-electron chi connectivity index (χ1n) is 8.09. The standard InChI is InChI=1S/C19H19FN2OS2/c1-14(15-5-3-2-4-6-15)13-18-21-22-19(23-18)25-12-11-24-17-9-7-16(20)8-10-17/h2-10,14H,11-13H2,1H3. The van der Waals surface area contributed by atoms with E-state index in [0.717, 1.165) is 22.8 Å². The summed E-state index contributed by atoms with van der Waals surface area (Å²) in [7, 11) is 0. The van der Waals surface area contributed by atoms with E-state index in [9.17, 15) is 4.39 Å². The third-order valence-corrected chi connectivity index (χ3v) is 5.78. The predicted molar refractivity (Wildman–Crippen MR) is 101 cm³/mol. The summed E-state index contributed by atoms with van der Waals surface area (Å²) in [6.07, 6.45) is 0.738. The average Bonchev–Trinajstić information content (AvgIpc) is 3.08. The molecule has 0 saturated heterocycles. The molecule has 6 heteroatoms. The Morgan fingerprint density at radius 2 is 1.68 bits per heavy atom. The van der Waals surface area contributed by atoms with Crippen LogP contribution in [0.25, 0.3) is 0 Å². The SMILES string of the molecule is CC(Cc1nnc(SCCSc2ccc(F)cc2)o1)c1ccccc1. The number of hydrogen-bond donors (Lipinski definition) is 0. The van der Waals surface area contributed by atoms with Crippen molar-refractivity contribution in [2.24, 2.45) is 0 Å². The summed E-state index contributed by atoms with van der Waals surface area (Å²) in [5.41, 5.74) is 1.27. The van der Waals surface area contributed by atoms with Crippen molar-refractivity contribution in [2.75, 3.05) is 11.5 Å². The number of nitrogens with zero attached hydrogens (tertiary/aromatic N) is 2. The smallest absolute Gasteiger partial charge is 0.276 e. The zero-order chi connectivity index (χ0) is 17.5. The Morgan fingerprint density at radius 1 is 0.960 bits per heavy atom. The molecule has 3 nitrogen and oxygen atoms in total. The van der Waals surface area contributed by atoms with E-state index in [4.69, 9.17) is 4.42 Å². The summed E-state index contributed by atoms with van der Waals surface area (Å²) < 4.78 is 18.6. The third-order valence-electron chi connectivity index (χ3n) is 3.69. The second-order valence-electron chi connectivity index (χ2n) is 5.63. The van der Waals surface area contributed by atoms with Crippen molar-refractivity contribution in [1.29, 1.82) is 0 Å². The molecule has 0 aliphatic carbocycles. The Hall–Kier alpha value is -1.79. The molecule has 1 heterocycles. The van der Waals surface area contributed by atoms with Gasteiger partial charge in [-0.2, -0.15) is 0 Å². The minimum Gasteiger partial charge on any atom is -0.416 e. The van der Waals surface area contributed by atoms with E-state index < -0.39 is 0 Å². The van der Waals surface area contributed by atoms with Gasteiger partial charge in [0, 0.05) is 22.8 Å². The molecular formula is C19H19FN2OS2. The molecule has 130 valence electrons. The van der Waals surface area contributed by atoms with Crippen LogP contribution in [0, 0.1) is 5.82 Å². The predicted octanol–water partition coefficient (Wildman–Crippen LogP) is 5.44. The first kappa shape index (κ1) is 18.0. The quantitative estimate of drug-likeness (QED) is 0.388. The molecular weight excluding hydrogens is 355 g/mol. The molecule has 0 fully saturated rings. The monoisotopic (exact) mass is 374 g/mol. The Balaban J connectivity index is 1.43. The Bertz CT molecular complexity index is 778. The van der Waals surface area contributed by atoms with Crippen LogP contribution >= 0.6 is 23.5 Å². The second kappa shape index (κ2) is 9.06. The molecule has 3 rings (SSSR count). The number of benzene rings is 2. The van der Waals surface area contributed by atoms with Crippen molar-refractivity contribution in [3.8, 4) is 0 Å². The van der Waals surface area contributed by atoms with Crippen LogP contribution in [-0.2, 0) is 6.42 Å². The van der Waals surface area contributed by atoms with E-state index in [-0.39, 0.29) is 5.82 Å². The fourth-order valence-corrected chi connectivity index (χ4v) is 4.02. The van der Waals surface area contributed by atoms with Crippen LogP contribution < -0.4 is 0 Å². The summed E-state index contributed by atoms with van der Waals surface area (Å²) in [4.78, 5) is 1.06. The van der Waals surface area contributed by atoms with Crippen molar-refractivity contribution >= 4 is 23.5 Å². The van der Waals surface area contributed by atoms with Crippen LogP contribution in [-0.4, -0.2) is 21.7 Å². The molecule has 0 N–H and O–H groups in total. The molecule has 25 heavy (non-hydrogen) atoms. The van der Waals surface area contributed by atoms with Crippen LogP contribution in [0.5, 0.6) is 0 Å². The third kappa shape index (κ3) is 5.61. The maximum Gasteiger partial charge on any atom is 0.276 e. The molecule has 1 unspecified atom stereocenters. The molecule has 0 aliphatic heterocycles. The van der Waals surface area contributed by atoms with Crippen LogP contribution in [0.15, 0.2) is 69.1 Å². The topological polar surface area (TPSA) is 38.9 Å². The molecule has 1 atom stereocenters. The van der Waals surface area contributed by atoms with Crippen molar-refractivity contribution < 1.29 is 8.81 Å². The molecule has 0 bridgehead atoms. The summed E-state index contributed by atoms with van der Waals surface area (Å²) in [6.45, 7) is 2.16. The van der Waals surface area contributed by atoms with Gasteiger partial charge in [0.15, 0.2) is 0 Å². The van der Waals surface area contributed by atoms with Crippen molar-refractivity contribution in [3.05, 3.63) is 71.9 Å². The first-order valence-corrected chi connectivity index (χ1v) is 10.1. The largest absolute Gasteiger partial charge is 0.416 e. The minimum absolute atomic E-state index is 0.207. The van der Waals surface area contributed by atoms with Crippen LogP contribution in [0.3, 0.4) is 0 Å². The molecule has 0 spiro atoms. The van der Waals surface area contributed by atoms with E-state index in [1.54, 1.807) is 35.7 Å². The van der Waals surface area contributed by atoms with E-state index in [1.807, 2.05) is 18.2 Å². The van der Waals surface area contributed by atoms with Gasteiger partial charge in [-0.05, 0) is 35.7 Å². The lowest BCUT2D eigenvalue weighted by molar-refractivity contribution is 0.405. The highest BCUT2D eigenvalue weighted by Gasteiger charge is 2.12. The second-order valence-corrected chi connectivity index (χ2v) is 7.84. The van der Waals surface area contributed by atoms with Crippen molar-refractivity contribution in [1.82, 2.24) is 10.2 Å². The first-order chi connectivity index (χ1) is 12.2. The lowest BCUT2D eigenvalue weighted by atomic mass is 9.98. The zero-order valence-electron chi connectivity index (χ0n) is 13.9. The minimum atomic E-state index is -0.207. The van der Waals surface area contributed by atoms with Gasteiger partial charge in [0.05, 0.1) is 0 Å². The maximum absolute atomic E-state index is 12.9. The van der Waals surface area contributed by atoms with E-state index in [1.165, 1.54) is 17.7 Å². The number of thioether (sulfide) groups is 2. The lowest BCUT2D eigenvalue weighted by Gasteiger charge is -2.08. The van der Waals surface area contributed by atoms with Gasteiger partial charge in [0.1, 0.15) is 5.82 Å². The molecule has 0 amide bonds. The summed E-state index contributed by atoms with van der Waals surface area (Å²) >= 11 is 3.24. The summed E-state index contributed by atoms with van der Waals surface area (Å²) in [5, 5.41) is 8.86. The van der Waals surface area contributed by atoms with Gasteiger partial charge >= 0.3 is 0 Å².